The summed E-state index contributed by atoms with van der Waals surface area (Å²) >= 11 is 0. The third kappa shape index (κ3) is 3.32. The van der Waals surface area contributed by atoms with Crippen LogP contribution in [0.5, 0.6) is 0 Å². The summed E-state index contributed by atoms with van der Waals surface area (Å²) in [5.41, 5.74) is 0.434. The Morgan fingerprint density at radius 3 is 3.20 bits per heavy atom. The molecule has 1 aromatic rings. The van der Waals surface area contributed by atoms with Gasteiger partial charge in [-0.05, 0) is 19.3 Å². The molecule has 1 saturated heterocycles. The molecule has 2 rings (SSSR count). The Morgan fingerprint density at radius 1 is 1.60 bits per heavy atom. The summed E-state index contributed by atoms with van der Waals surface area (Å²) in [4.78, 5) is 1.53. The molecule has 0 spiro atoms. The predicted octanol–water partition coefficient (Wildman–Crippen LogP) is -0.385. The topological polar surface area (TPSA) is 49.2 Å². The van der Waals surface area contributed by atoms with Crippen LogP contribution in [0.1, 0.15) is 19.3 Å². The van der Waals surface area contributed by atoms with Crippen molar-refractivity contribution >= 4 is 13.4 Å². The Morgan fingerprint density at radius 2 is 2.53 bits per heavy atom. The standard InChI is InChI=1S/C9H14BN3O2/c10-8-7-11-13(12-8)4-6-15-9-3-1-2-5-14-9/h7,9H,1-6H2. The minimum absolute atomic E-state index is 0.0494. The zero-order valence-electron chi connectivity index (χ0n) is 8.63. The van der Waals surface area contributed by atoms with E-state index in [2.05, 4.69) is 10.2 Å². The van der Waals surface area contributed by atoms with Crippen LogP contribution >= 0.6 is 0 Å². The molecule has 0 N–H and O–H groups in total. The molecule has 5 nitrogen and oxygen atoms in total. The van der Waals surface area contributed by atoms with Crippen LogP contribution in [-0.4, -0.2) is 42.3 Å². The molecular weight excluding hydrogens is 193 g/mol. The van der Waals surface area contributed by atoms with Gasteiger partial charge in [0.25, 0.3) is 0 Å². The van der Waals surface area contributed by atoms with Crippen molar-refractivity contribution in [3.05, 3.63) is 6.20 Å². The summed E-state index contributed by atoms with van der Waals surface area (Å²) in [6.45, 7) is 1.97. The Labute approximate surface area is 90.2 Å². The van der Waals surface area contributed by atoms with Crippen molar-refractivity contribution in [1.29, 1.82) is 0 Å². The highest BCUT2D eigenvalue weighted by molar-refractivity contribution is 6.30. The van der Waals surface area contributed by atoms with Crippen molar-refractivity contribution in [3.63, 3.8) is 0 Å². The van der Waals surface area contributed by atoms with Crippen molar-refractivity contribution in [1.82, 2.24) is 15.0 Å². The van der Waals surface area contributed by atoms with Gasteiger partial charge in [-0.2, -0.15) is 15.0 Å². The van der Waals surface area contributed by atoms with E-state index in [0.717, 1.165) is 19.4 Å². The van der Waals surface area contributed by atoms with Gasteiger partial charge in [-0.1, -0.05) is 0 Å². The van der Waals surface area contributed by atoms with Gasteiger partial charge in [-0.25, -0.2) is 0 Å². The summed E-state index contributed by atoms with van der Waals surface area (Å²) in [5, 5.41) is 7.91. The highest BCUT2D eigenvalue weighted by Crippen LogP contribution is 2.13. The third-order valence-corrected chi connectivity index (χ3v) is 2.29. The number of nitrogens with zero attached hydrogens (tertiary/aromatic N) is 3. The fourth-order valence-corrected chi connectivity index (χ4v) is 1.53. The summed E-state index contributed by atoms with van der Waals surface area (Å²) in [7, 11) is 5.43. The fourth-order valence-electron chi connectivity index (χ4n) is 1.53. The van der Waals surface area contributed by atoms with Gasteiger partial charge in [-0.3, -0.25) is 0 Å². The zero-order valence-corrected chi connectivity index (χ0v) is 8.63. The van der Waals surface area contributed by atoms with Crippen LogP contribution in [0.2, 0.25) is 0 Å². The average Bonchev–Trinajstić information content (AvgIpc) is 2.66. The number of hydrogen-bond donors (Lipinski definition) is 0. The van der Waals surface area contributed by atoms with Gasteiger partial charge in [0.2, 0.25) is 0 Å². The molecule has 1 aliphatic heterocycles. The summed E-state index contributed by atoms with van der Waals surface area (Å²) in [6, 6.07) is 0. The SMILES string of the molecule is [B]c1cnn(CCOC2CCCCO2)n1. The van der Waals surface area contributed by atoms with E-state index in [1.54, 1.807) is 0 Å². The van der Waals surface area contributed by atoms with E-state index in [1.165, 1.54) is 17.4 Å². The Hall–Kier alpha value is -0.875. The molecule has 1 atom stereocenters. The molecular formula is C9H14BN3O2. The maximum Gasteiger partial charge on any atom is 0.157 e. The summed E-state index contributed by atoms with van der Waals surface area (Å²) in [5.74, 6) is 0. The van der Waals surface area contributed by atoms with Crippen molar-refractivity contribution < 1.29 is 9.47 Å². The first kappa shape index (κ1) is 10.6. The number of ether oxygens (including phenoxy) is 2. The molecule has 1 aromatic heterocycles. The van der Waals surface area contributed by atoms with Crippen LogP contribution in [0.4, 0.5) is 0 Å². The molecule has 2 radical (unpaired) electrons. The van der Waals surface area contributed by atoms with E-state index in [1.807, 2.05) is 0 Å². The molecule has 1 fully saturated rings. The van der Waals surface area contributed by atoms with Crippen LogP contribution in [0.25, 0.3) is 0 Å². The first-order valence-corrected chi connectivity index (χ1v) is 5.23. The van der Waals surface area contributed by atoms with Crippen LogP contribution in [-0.2, 0) is 16.0 Å². The predicted molar refractivity (Wildman–Crippen MR) is 55.0 cm³/mol. The monoisotopic (exact) mass is 207 g/mol. The number of hydrogen-bond acceptors (Lipinski definition) is 4. The lowest BCUT2D eigenvalue weighted by Gasteiger charge is -2.22. The van der Waals surface area contributed by atoms with E-state index >= 15 is 0 Å². The largest absolute Gasteiger partial charge is 0.353 e. The second-order valence-electron chi connectivity index (χ2n) is 3.53. The fraction of sp³-hybridized carbons (Fsp3) is 0.778. The molecule has 0 amide bonds. The lowest BCUT2D eigenvalue weighted by molar-refractivity contribution is -0.164. The number of rotatable bonds is 4. The molecule has 0 bridgehead atoms. The van der Waals surface area contributed by atoms with E-state index in [9.17, 15) is 0 Å². The highest BCUT2D eigenvalue weighted by Gasteiger charge is 2.13. The van der Waals surface area contributed by atoms with Crippen LogP contribution in [0.3, 0.4) is 0 Å². The van der Waals surface area contributed by atoms with Gasteiger partial charge < -0.3 is 9.47 Å². The lowest BCUT2D eigenvalue weighted by atomic mass is 10.1. The second-order valence-corrected chi connectivity index (χ2v) is 3.53. The number of aromatic nitrogens is 3. The smallest absolute Gasteiger partial charge is 0.157 e. The van der Waals surface area contributed by atoms with Crippen molar-refractivity contribution in [2.24, 2.45) is 0 Å². The Bertz CT molecular complexity index is 299. The van der Waals surface area contributed by atoms with Crippen molar-refractivity contribution in [2.45, 2.75) is 32.1 Å². The molecule has 15 heavy (non-hydrogen) atoms. The zero-order chi connectivity index (χ0) is 10.5. The lowest BCUT2D eigenvalue weighted by Crippen LogP contribution is -2.24. The molecule has 0 aliphatic carbocycles. The van der Waals surface area contributed by atoms with Crippen LogP contribution in [0.15, 0.2) is 6.20 Å². The van der Waals surface area contributed by atoms with Crippen LogP contribution in [0, 0.1) is 0 Å². The van der Waals surface area contributed by atoms with Gasteiger partial charge in [0, 0.05) is 12.2 Å². The van der Waals surface area contributed by atoms with Gasteiger partial charge in [0.05, 0.1) is 19.3 Å². The maximum absolute atomic E-state index is 5.53. The van der Waals surface area contributed by atoms with Gasteiger partial charge >= 0.3 is 0 Å². The molecule has 0 aromatic carbocycles. The van der Waals surface area contributed by atoms with Gasteiger partial charge in [0.15, 0.2) is 6.29 Å². The molecule has 2 heterocycles. The maximum atomic E-state index is 5.53. The summed E-state index contributed by atoms with van der Waals surface area (Å²) in [6.07, 6.45) is 4.77. The van der Waals surface area contributed by atoms with Crippen molar-refractivity contribution in [2.75, 3.05) is 13.2 Å². The highest BCUT2D eigenvalue weighted by atomic mass is 16.7. The molecule has 0 saturated carbocycles. The molecule has 6 heteroatoms. The van der Waals surface area contributed by atoms with E-state index in [-0.39, 0.29) is 6.29 Å². The van der Waals surface area contributed by atoms with Crippen molar-refractivity contribution in [3.8, 4) is 0 Å². The minimum Gasteiger partial charge on any atom is -0.353 e. The average molecular weight is 207 g/mol. The first-order valence-electron chi connectivity index (χ1n) is 5.23. The molecule has 1 unspecified atom stereocenters. The summed E-state index contributed by atoms with van der Waals surface area (Å²) < 4.78 is 11.0. The van der Waals surface area contributed by atoms with Crippen LogP contribution < -0.4 is 5.59 Å². The van der Waals surface area contributed by atoms with E-state index in [0.29, 0.717) is 18.7 Å². The van der Waals surface area contributed by atoms with Gasteiger partial charge in [0.1, 0.15) is 7.85 Å². The minimum atomic E-state index is -0.0494. The Balaban J connectivity index is 1.65. The van der Waals surface area contributed by atoms with Gasteiger partial charge in [-0.15, -0.1) is 0 Å². The van der Waals surface area contributed by atoms with E-state index < -0.39 is 0 Å². The normalized spacial score (nSPS) is 21.7. The second kappa shape index (κ2) is 5.28. The van der Waals surface area contributed by atoms with E-state index in [4.69, 9.17) is 17.3 Å². The quantitative estimate of drug-likeness (QED) is 0.631. The molecule has 80 valence electrons. The first-order chi connectivity index (χ1) is 7.34. The third-order valence-electron chi connectivity index (χ3n) is 2.29. The molecule has 1 aliphatic rings. The Kier molecular flexibility index (Phi) is 3.74.